The lowest BCUT2D eigenvalue weighted by Crippen LogP contribution is -2.05. The number of carboxylic acid groups (broad SMARTS) is 1. The molecule has 1 heterocycles. The first-order chi connectivity index (χ1) is 7.58. The summed E-state index contributed by atoms with van der Waals surface area (Å²) in [4.78, 5) is 11.0. The highest BCUT2D eigenvalue weighted by molar-refractivity contribution is 14.1. The molecular weight excluding hydrogens is 340 g/mol. The maximum Gasteiger partial charge on any atom is 0.352 e. The monoisotopic (exact) mass is 347 g/mol. The molecule has 0 bridgehead atoms. The fraction of sp³-hybridized carbons (Fsp3) is 0. The molecule has 0 radical (unpaired) electrons. The molecule has 5 heteroatoms. The minimum atomic E-state index is -0.995. The molecule has 0 atom stereocenters. The molecule has 0 aliphatic rings. The third kappa shape index (κ3) is 2.22. The van der Waals surface area contributed by atoms with Gasteiger partial charge in [-0.1, -0.05) is 17.7 Å². The number of hydrogen-bond donors (Lipinski definition) is 1. The van der Waals surface area contributed by atoms with Crippen LogP contribution in [0.15, 0.2) is 36.5 Å². The van der Waals surface area contributed by atoms with Crippen LogP contribution in [0, 0.1) is 3.57 Å². The summed E-state index contributed by atoms with van der Waals surface area (Å²) in [6, 6.07) is 8.98. The Bertz CT molecular complexity index is 551. The van der Waals surface area contributed by atoms with Crippen LogP contribution in [0.2, 0.25) is 5.02 Å². The summed E-state index contributed by atoms with van der Waals surface area (Å²) in [6.07, 6.45) is 1.59. The second kappa shape index (κ2) is 4.47. The molecule has 0 unspecified atom stereocenters. The highest BCUT2D eigenvalue weighted by atomic mass is 127. The first kappa shape index (κ1) is 11.5. The van der Waals surface area contributed by atoms with Gasteiger partial charge < -0.3 is 9.67 Å². The molecule has 1 N–H and O–H groups in total. The summed E-state index contributed by atoms with van der Waals surface area (Å²) >= 11 is 7.99. The topological polar surface area (TPSA) is 42.2 Å². The molecule has 2 aromatic rings. The van der Waals surface area contributed by atoms with E-state index in [9.17, 15) is 4.79 Å². The summed E-state index contributed by atoms with van der Waals surface area (Å²) in [5, 5.41) is 9.44. The smallest absolute Gasteiger partial charge is 0.352 e. The van der Waals surface area contributed by atoms with Gasteiger partial charge in [-0.05, 0) is 46.9 Å². The fourth-order valence-corrected chi connectivity index (χ4v) is 2.16. The van der Waals surface area contributed by atoms with Crippen molar-refractivity contribution in [3.63, 3.8) is 0 Å². The number of benzene rings is 1. The van der Waals surface area contributed by atoms with Crippen LogP contribution < -0.4 is 0 Å². The summed E-state index contributed by atoms with van der Waals surface area (Å²) in [5.74, 6) is -0.995. The van der Waals surface area contributed by atoms with Gasteiger partial charge in [0.2, 0.25) is 0 Å². The predicted octanol–water partition coefficient (Wildman–Crippen LogP) is 3.43. The highest BCUT2D eigenvalue weighted by Crippen LogP contribution is 2.20. The average molecular weight is 348 g/mol. The Labute approximate surface area is 111 Å². The van der Waals surface area contributed by atoms with Gasteiger partial charge in [-0.2, -0.15) is 0 Å². The van der Waals surface area contributed by atoms with E-state index in [0.29, 0.717) is 5.02 Å². The number of hydrogen-bond acceptors (Lipinski definition) is 1. The summed E-state index contributed by atoms with van der Waals surface area (Å²) in [7, 11) is 0. The van der Waals surface area contributed by atoms with Crippen molar-refractivity contribution in [3.05, 3.63) is 50.8 Å². The minimum absolute atomic E-state index is 0.159. The first-order valence-electron chi connectivity index (χ1n) is 4.45. The first-order valence-corrected chi connectivity index (χ1v) is 5.91. The zero-order valence-electron chi connectivity index (χ0n) is 8.02. The van der Waals surface area contributed by atoms with Crippen molar-refractivity contribution in [2.75, 3.05) is 0 Å². The summed E-state index contributed by atoms with van der Waals surface area (Å²) in [5.41, 5.74) is 0.947. The van der Waals surface area contributed by atoms with E-state index in [1.54, 1.807) is 10.8 Å². The van der Waals surface area contributed by atoms with Gasteiger partial charge >= 0.3 is 5.97 Å². The lowest BCUT2D eigenvalue weighted by atomic mass is 10.3. The van der Waals surface area contributed by atoms with Crippen molar-refractivity contribution in [3.8, 4) is 5.69 Å². The lowest BCUT2D eigenvalue weighted by Gasteiger charge is -2.06. The molecule has 0 amide bonds. The van der Waals surface area contributed by atoms with Crippen LogP contribution in [0.25, 0.3) is 5.69 Å². The Hall–Kier alpha value is -1.01. The third-order valence-corrected chi connectivity index (χ3v) is 2.97. The number of aromatic nitrogens is 1. The van der Waals surface area contributed by atoms with Gasteiger partial charge in [-0.3, -0.25) is 0 Å². The number of carbonyl (C=O) groups is 1. The Morgan fingerprint density at radius 3 is 2.75 bits per heavy atom. The zero-order valence-corrected chi connectivity index (χ0v) is 10.9. The molecule has 1 aromatic carbocycles. The van der Waals surface area contributed by atoms with E-state index in [2.05, 4.69) is 22.6 Å². The van der Waals surface area contributed by atoms with Gasteiger partial charge in [-0.15, -0.1) is 0 Å². The second-order valence-corrected chi connectivity index (χ2v) is 4.88. The van der Waals surface area contributed by atoms with Gasteiger partial charge in [0.1, 0.15) is 5.69 Å². The second-order valence-electron chi connectivity index (χ2n) is 3.20. The van der Waals surface area contributed by atoms with Crippen LogP contribution in [0.1, 0.15) is 10.5 Å². The number of carboxylic acids is 1. The Morgan fingerprint density at radius 1 is 1.38 bits per heavy atom. The zero-order chi connectivity index (χ0) is 11.7. The molecule has 2 rings (SSSR count). The molecule has 0 saturated heterocycles. The van der Waals surface area contributed by atoms with Crippen molar-refractivity contribution < 1.29 is 9.90 Å². The van der Waals surface area contributed by atoms with Crippen LogP contribution in [0.5, 0.6) is 0 Å². The Balaban J connectivity index is 2.59. The Kier molecular flexibility index (Phi) is 3.20. The summed E-state index contributed by atoms with van der Waals surface area (Å²) < 4.78 is 2.60. The molecular formula is C11H7ClINO2. The molecule has 0 aliphatic carbocycles. The van der Waals surface area contributed by atoms with E-state index < -0.39 is 5.97 Å². The molecule has 0 fully saturated rings. The van der Waals surface area contributed by atoms with E-state index in [1.165, 1.54) is 6.07 Å². The lowest BCUT2D eigenvalue weighted by molar-refractivity contribution is 0.0688. The van der Waals surface area contributed by atoms with Crippen molar-refractivity contribution in [2.24, 2.45) is 0 Å². The van der Waals surface area contributed by atoms with Crippen molar-refractivity contribution in [1.29, 1.82) is 0 Å². The highest BCUT2D eigenvalue weighted by Gasteiger charge is 2.12. The van der Waals surface area contributed by atoms with Gasteiger partial charge in [0.25, 0.3) is 0 Å². The molecule has 82 valence electrons. The summed E-state index contributed by atoms with van der Waals surface area (Å²) in [6.45, 7) is 0. The van der Waals surface area contributed by atoms with E-state index in [1.807, 2.05) is 24.3 Å². The van der Waals surface area contributed by atoms with Crippen LogP contribution in [0.3, 0.4) is 0 Å². The largest absolute Gasteiger partial charge is 0.477 e. The van der Waals surface area contributed by atoms with E-state index >= 15 is 0 Å². The standard InChI is InChI=1S/C11H7ClINO2/c12-7-4-10(11(15)16)14(6-7)9-3-1-2-8(13)5-9/h1-6H,(H,15,16). The molecule has 0 saturated carbocycles. The maximum absolute atomic E-state index is 11.0. The number of rotatable bonds is 2. The van der Waals surface area contributed by atoms with Crippen molar-refractivity contribution >= 4 is 40.2 Å². The van der Waals surface area contributed by atoms with Gasteiger partial charge in [-0.25, -0.2) is 4.79 Å². The van der Waals surface area contributed by atoms with E-state index in [4.69, 9.17) is 16.7 Å². The van der Waals surface area contributed by atoms with E-state index in [-0.39, 0.29) is 5.69 Å². The van der Waals surface area contributed by atoms with Crippen molar-refractivity contribution in [1.82, 2.24) is 4.57 Å². The number of aromatic carboxylic acids is 1. The van der Waals surface area contributed by atoms with Crippen LogP contribution in [-0.4, -0.2) is 15.6 Å². The number of nitrogens with zero attached hydrogens (tertiary/aromatic N) is 1. The average Bonchev–Trinajstić information content (AvgIpc) is 2.60. The fourth-order valence-electron chi connectivity index (χ4n) is 1.43. The number of halogens is 2. The van der Waals surface area contributed by atoms with Crippen LogP contribution in [0.4, 0.5) is 0 Å². The molecule has 16 heavy (non-hydrogen) atoms. The normalized spacial score (nSPS) is 10.4. The minimum Gasteiger partial charge on any atom is -0.477 e. The molecule has 0 aliphatic heterocycles. The van der Waals surface area contributed by atoms with Crippen molar-refractivity contribution in [2.45, 2.75) is 0 Å². The maximum atomic E-state index is 11.0. The molecule has 1 aromatic heterocycles. The van der Waals surface area contributed by atoms with Crippen LogP contribution >= 0.6 is 34.2 Å². The van der Waals surface area contributed by atoms with Gasteiger partial charge in [0.15, 0.2) is 0 Å². The van der Waals surface area contributed by atoms with Gasteiger partial charge in [0, 0.05) is 15.5 Å². The molecule has 0 spiro atoms. The SMILES string of the molecule is O=C(O)c1cc(Cl)cn1-c1cccc(I)c1. The third-order valence-electron chi connectivity index (χ3n) is 2.09. The van der Waals surface area contributed by atoms with E-state index in [0.717, 1.165) is 9.26 Å². The van der Waals surface area contributed by atoms with Crippen LogP contribution in [-0.2, 0) is 0 Å². The van der Waals surface area contributed by atoms with Gasteiger partial charge in [0.05, 0.1) is 5.02 Å². The Morgan fingerprint density at radius 2 is 2.12 bits per heavy atom. The molecule has 3 nitrogen and oxygen atoms in total. The quantitative estimate of drug-likeness (QED) is 0.846. The predicted molar refractivity (Wildman–Crippen MR) is 70.5 cm³/mol.